The van der Waals surface area contributed by atoms with Crippen LogP contribution in [0.25, 0.3) is 60.9 Å². The molecule has 1 aliphatic carbocycles. The summed E-state index contributed by atoms with van der Waals surface area (Å²) in [5, 5.41) is 5.72. The minimum atomic E-state index is -3.41. The number of furan rings is 3. The molecule has 0 spiro atoms. The first-order chi connectivity index (χ1) is 20.6. The molecule has 0 saturated carbocycles. The summed E-state index contributed by atoms with van der Waals surface area (Å²) in [6, 6.07) is 36.7. The van der Waals surface area contributed by atoms with Gasteiger partial charge in [0.25, 0.3) is 0 Å². The van der Waals surface area contributed by atoms with Gasteiger partial charge in [-0.05, 0) is 0 Å². The number of hydrogen-bond donors (Lipinski definition) is 0. The molecule has 0 bridgehead atoms. The molecule has 9 rings (SSSR count). The molecule has 3 nitrogen and oxygen atoms in total. The first-order valence-corrected chi connectivity index (χ1v) is 19.0. The summed E-state index contributed by atoms with van der Waals surface area (Å²) in [4.78, 5) is 0. The average Bonchev–Trinajstić information content (AvgIpc) is 3.70. The molecule has 1 aliphatic rings. The first-order valence-electron chi connectivity index (χ1n) is 14.2. The van der Waals surface area contributed by atoms with Crippen molar-refractivity contribution >= 4 is 83.4 Å². The van der Waals surface area contributed by atoms with E-state index in [0.29, 0.717) is 5.92 Å². The van der Waals surface area contributed by atoms with Crippen molar-refractivity contribution in [2.75, 3.05) is 0 Å². The molecule has 0 fully saturated rings. The summed E-state index contributed by atoms with van der Waals surface area (Å²) < 4.78 is 28.0. The summed E-state index contributed by atoms with van der Waals surface area (Å²) in [5.41, 5.74) is 5.83. The van der Waals surface area contributed by atoms with E-state index >= 15 is 0 Å². The SMILES string of the molecule is C=I(c1ccc2c3c(oc2c1)C=CCC3C)(c1ccc2c(c1)oc1ccccc12)c1ccc2c(c1)oc1ccccc12. The third-order valence-corrected chi connectivity index (χ3v) is 17.2. The number of benzene rings is 5. The topological polar surface area (TPSA) is 39.4 Å². The molecule has 1 atom stereocenters. The van der Waals surface area contributed by atoms with Crippen molar-refractivity contribution in [2.24, 2.45) is 0 Å². The maximum absolute atomic E-state index is 6.47. The van der Waals surface area contributed by atoms with Gasteiger partial charge in [0.05, 0.1) is 0 Å². The third-order valence-electron chi connectivity index (χ3n) is 8.77. The fourth-order valence-electron chi connectivity index (χ4n) is 6.62. The molecule has 4 heteroatoms. The van der Waals surface area contributed by atoms with Crippen LogP contribution in [0.1, 0.15) is 30.6 Å². The predicted molar refractivity (Wildman–Crippen MR) is 183 cm³/mol. The molecule has 42 heavy (non-hydrogen) atoms. The Morgan fingerprint density at radius 3 is 1.62 bits per heavy atom. The normalized spacial score (nSPS) is 15.8. The van der Waals surface area contributed by atoms with Crippen LogP contribution in [0, 0.1) is 10.7 Å². The maximum atomic E-state index is 6.47. The van der Waals surface area contributed by atoms with Crippen LogP contribution in [0.15, 0.2) is 122 Å². The van der Waals surface area contributed by atoms with Gasteiger partial charge in [0.1, 0.15) is 0 Å². The van der Waals surface area contributed by atoms with Crippen LogP contribution >= 0.6 is 18.0 Å². The molecule has 0 amide bonds. The Bertz CT molecular complexity index is 2330. The van der Waals surface area contributed by atoms with E-state index in [1.165, 1.54) is 21.7 Å². The number of allylic oxidation sites excluding steroid dienone is 1. The second-order valence-corrected chi connectivity index (χ2v) is 18.9. The van der Waals surface area contributed by atoms with Gasteiger partial charge in [-0.3, -0.25) is 0 Å². The molecule has 5 aromatic carbocycles. The number of halogens is 1. The molecule has 204 valence electrons. The van der Waals surface area contributed by atoms with Crippen molar-refractivity contribution in [1.82, 2.24) is 0 Å². The number of fused-ring (bicyclic) bond motifs is 9. The molecule has 0 saturated heterocycles. The molecule has 0 radical (unpaired) electrons. The van der Waals surface area contributed by atoms with Gasteiger partial charge in [0.15, 0.2) is 0 Å². The first kappa shape index (κ1) is 24.2. The molecular formula is C38H27IO3. The van der Waals surface area contributed by atoms with Gasteiger partial charge in [-0.25, -0.2) is 0 Å². The summed E-state index contributed by atoms with van der Waals surface area (Å²) >= 11 is -3.41. The van der Waals surface area contributed by atoms with E-state index in [0.717, 1.165) is 61.6 Å². The molecule has 0 N–H and O–H groups in total. The quantitative estimate of drug-likeness (QED) is 0.177. The van der Waals surface area contributed by atoms with Crippen molar-refractivity contribution in [3.05, 3.63) is 131 Å². The van der Waals surface area contributed by atoms with Gasteiger partial charge in [0.2, 0.25) is 0 Å². The van der Waals surface area contributed by atoms with Gasteiger partial charge in [-0.1, -0.05) is 0 Å². The zero-order chi connectivity index (χ0) is 28.0. The van der Waals surface area contributed by atoms with Crippen LogP contribution < -0.4 is 0 Å². The predicted octanol–water partition coefficient (Wildman–Crippen LogP) is 11.1. The summed E-state index contributed by atoms with van der Waals surface area (Å²) in [7, 11) is 0. The van der Waals surface area contributed by atoms with E-state index in [-0.39, 0.29) is 0 Å². The van der Waals surface area contributed by atoms with Crippen LogP contribution in [0.4, 0.5) is 0 Å². The number of rotatable bonds is 3. The molecular weight excluding hydrogens is 631 g/mol. The van der Waals surface area contributed by atoms with E-state index in [1.807, 2.05) is 24.3 Å². The van der Waals surface area contributed by atoms with Crippen molar-refractivity contribution < 1.29 is 13.3 Å². The van der Waals surface area contributed by atoms with Crippen LogP contribution in [0.2, 0.25) is 0 Å². The Morgan fingerprint density at radius 2 is 1.05 bits per heavy atom. The zero-order valence-corrected chi connectivity index (χ0v) is 25.2. The van der Waals surface area contributed by atoms with Crippen LogP contribution in [-0.4, -0.2) is 4.51 Å². The Kier molecular flexibility index (Phi) is 5.07. The standard InChI is InChI=1S/C38H27IO3/c1-23-8-7-13-34-38(23)31-19-16-26(22-37(31)42-34)39(2,24-14-17-29-27-9-3-5-11-32(27)40-35(29)20-24)25-15-18-30-28-10-4-6-12-33(28)41-36(30)21-25/h3-7,9-23H,2,8H2,1H3. The number of hydrogen-bond acceptors (Lipinski definition) is 3. The molecule has 3 aromatic heterocycles. The van der Waals surface area contributed by atoms with Crippen LogP contribution in [-0.2, 0) is 0 Å². The molecule has 8 aromatic rings. The van der Waals surface area contributed by atoms with E-state index in [4.69, 9.17) is 17.8 Å². The van der Waals surface area contributed by atoms with Gasteiger partial charge in [-0.15, -0.1) is 0 Å². The average molecular weight is 659 g/mol. The van der Waals surface area contributed by atoms with Crippen LogP contribution in [0.5, 0.6) is 0 Å². The third kappa shape index (κ3) is 3.36. The Labute approximate surface area is 246 Å². The zero-order valence-electron chi connectivity index (χ0n) is 23.1. The second-order valence-electron chi connectivity index (χ2n) is 11.2. The minimum absolute atomic E-state index is 0.438. The summed E-state index contributed by atoms with van der Waals surface area (Å²) in [6.45, 7) is 2.28. The van der Waals surface area contributed by atoms with Crippen molar-refractivity contribution in [3.8, 4) is 0 Å². The number of para-hydroxylation sites is 2. The van der Waals surface area contributed by atoms with Gasteiger partial charge in [0, 0.05) is 0 Å². The monoisotopic (exact) mass is 658 g/mol. The van der Waals surface area contributed by atoms with E-state index in [2.05, 4.69) is 97.9 Å². The molecule has 1 unspecified atom stereocenters. The molecule has 0 aliphatic heterocycles. The summed E-state index contributed by atoms with van der Waals surface area (Å²) in [6.07, 6.45) is 5.37. The Hall–Kier alpha value is -4.42. The molecule has 3 heterocycles. The van der Waals surface area contributed by atoms with Gasteiger partial charge in [-0.2, -0.15) is 0 Å². The Balaban J connectivity index is 1.31. The van der Waals surface area contributed by atoms with Crippen molar-refractivity contribution in [1.29, 1.82) is 0 Å². The Morgan fingerprint density at radius 1 is 0.571 bits per heavy atom. The van der Waals surface area contributed by atoms with Gasteiger partial charge >= 0.3 is 247 Å². The second kappa shape index (κ2) is 8.79. The van der Waals surface area contributed by atoms with Crippen molar-refractivity contribution in [2.45, 2.75) is 19.3 Å². The summed E-state index contributed by atoms with van der Waals surface area (Å²) in [5.74, 6) is 1.42. The fraction of sp³-hybridized carbons (Fsp3) is 0.0789. The van der Waals surface area contributed by atoms with Crippen LogP contribution in [0.3, 0.4) is 0 Å². The van der Waals surface area contributed by atoms with E-state index < -0.39 is 18.0 Å². The van der Waals surface area contributed by atoms with Crippen molar-refractivity contribution in [3.63, 3.8) is 0 Å². The van der Waals surface area contributed by atoms with E-state index in [1.54, 1.807) is 0 Å². The van der Waals surface area contributed by atoms with E-state index in [9.17, 15) is 0 Å². The fourth-order valence-corrected chi connectivity index (χ4v) is 13.6. The van der Waals surface area contributed by atoms with Gasteiger partial charge < -0.3 is 0 Å².